The van der Waals surface area contributed by atoms with Gasteiger partial charge < -0.3 is 5.73 Å². The minimum absolute atomic E-state index is 0.396. The summed E-state index contributed by atoms with van der Waals surface area (Å²) < 4.78 is 52.4. The fourth-order valence-electron chi connectivity index (χ4n) is 1.42. The van der Waals surface area contributed by atoms with Crippen molar-refractivity contribution in [3.8, 4) is 0 Å². The maximum absolute atomic E-state index is 13.4. The zero-order valence-corrected chi connectivity index (χ0v) is 9.94. The lowest BCUT2D eigenvalue weighted by Gasteiger charge is -2.13. The van der Waals surface area contributed by atoms with Crippen LogP contribution in [0, 0.1) is 11.6 Å². The van der Waals surface area contributed by atoms with Crippen molar-refractivity contribution >= 4 is 15.7 Å². The third-order valence-electron chi connectivity index (χ3n) is 2.72. The molecule has 1 aromatic carbocycles. The van der Waals surface area contributed by atoms with E-state index in [1.807, 2.05) is 0 Å². The van der Waals surface area contributed by atoms with Crippen LogP contribution in [0.5, 0.6) is 0 Å². The van der Waals surface area contributed by atoms with Crippen LogP contribution < -0.4 is 10.5 Å². The number of halogens is 2. The van der Waals surface area contributed by atoms with Gasteiger partial charge in [-0.2, -0.15) is 0 Å². The molecule has 0 spiro atoms. The molecule has 7 heteroatoms. The standard InChI is InChI=1S/C10H12F2N2O2S/c1-10(2-3-10)14-17(15,16)9-5-8(13)6(11)4-7(9)12/h4-5,14H,2-3,13H2,1H3. The Balaban J connectivity index is 2.42. The minimum atomic E-state index is -4.00. The average molecular weight is 262 g/mol. The number of benzene rings is 1. The Bertz CT molecular complexity index is 568. The zero-order chi connectivity index (χ0) is 12.8. The van der Waals surface area contributed by atoms with Crippen molar-refractivity contribution < 1.29 is 17.2 Å². The Labute approximate surface area is 97.9 Å². The maximum atomic E-state index is 13.4. The van der Waals surface area contributed by atoms with Crippen molar-refractivity contribution in [2.75, 3.05) is 5.73 Å². The molecule has 17 heavy (non-hydrogen) atoms. The van der Waals surface area contributed by atoms with Crippen molar-refractivity contribution in [1.82, 2.24) is 4.72 Å². The first-order valence-corrected chi connectivity index (χ1v) is 6.50. The largest absolute Gasteiger partial charge is 0.396 e. The molecule has 0 amide bonds. The third kappa shape index (κ3) is 2.39. The van der Waals surface area contributed by atoms with Crippen LogP contribution in [0.15, 0.2) is 17.0 Å². The third-order valence-corrected chi connectivity index (χ3v) is 4.37. The second kappa shape index (κ2) is 3.64. The van der Waals surface area contributed by atoms with Gasteiger partial charge in [0.25, 0.3) is 0 Å². The van der Waals surface area contributed by atoms with Gasteiger partial charge in [0.05, 0.1) is 5.69 Å². The van der Waals surface area contributed by atoms with E-state index in [-0.39, 0.29) is 0 Å². The summed E-state index contributed by atoms with van der Waals surface area (Å²) in [6, 6.07) is 1.26. The van der Waals surface area contributed by atoms with E-state index in [0.29, 0.717) is 18.9 Å². The van der Waals surface area contributed by atoms with Gasteiger partial charge in [-0.15, -0.1) is 0 Å². The van der Waals surface area contributed by atoms with E-state index in [0.717, 1.165) is 6.07 Å². The molecule has 1 aromatic rings. The van der Waals surface area contributed by atoms with Gasteiger partial charge in [-0.1, -0.05) is 0 Å². The molecule has 0 bridgehead atoms. The second-order valence-corrected chi connectivity index (χ2v) is 6.12. The topological polar surface area (TPSA) is 72.2 Å². The molecule has 3 N–H and O–H groups in total. The van der Waals surface area contributed by atoms with Gasteiger partial charge in [0.1, 0.15) is 16.5 Å². The van der Waals surface area contributed by atoms with Gasteiger partial charge in [0.2, 0.25) is 10.0 Å². The molecular weight excluding hydrogens is 250 g/mol. The number of anilines is 1. The van der Waals surface area contributed by atoms with Crippen molar-refractivity contribution in [2.45, 2.75) is 30.2 Å². The van der Waals surface area contributed by atoms with E-state index in [1.54, 1.807) is 6.92 Å². The fourth-order valence-corrected chi connectivity index (χ4v) is 2.98. The summed E-state index contributed by atoms with van der Waals surface area (Å²) >= 11 is 0. The Kier molecular flexibility index (Phi) is 2.62. The van der Waals surface area contributed by atoms with Gasteiger partial charge in [0.15, 0.2) is 0 Å². The molecule has 1 aliphatic rings. The number of rotatable bonds is 3. The molecule has 0 radical (unpaired) electrons. The monoisotopic (exact) mass is 262 g/mol. The summed E-state index contributed by atoms with van der Waals surface area (Å²) in [4.78, 5) is -0.621. The molecule has 4 nitrogen and oxygen atoms in total. The number of nitrogens with two attached hydrogens (primary N) is 1. The molecule has 0 aliphatic heterocycles. The lowest BCUT2D eigenvalue weighted by Crippen LogP contribution is -2.34. The maximum Gasteiger partial charge on any atom is 0.244 e. The summed E-state index contributed by atoms with van der Waals surface area (Å²) in [6.07, 6.45) is 1.40. The van der Waals surface area contributed by atoms with E-state index < -0.39 is 37.8 Å². The van der Waals surface area contributed by atoms with Crippen LogP contribution in [0.3, 0.4) is 0 Å². The molecule has 94 valence electrons. The first kappa shape index (κ1) is 12.3. The van der Waals surface area contributed by atoms with Gasteiger partial charge in [-0.3, -0.25) is 0 Å². The Morgan fingerprint density at radius 3 is 2.41 bits per heavy atom. The highest BCUT2D eigenvalue weighted by molar-refractivity contribution is 7.89. The minimum Gasteiger partial charge on any atom is -0.396 e. The van der Waals surface area contributed by atoms with E-state index in [1.165, 1.54) is 0 Å². The molecule has 1 saturated carbocycles. The summed E-state index contributed by atoms with van der Waals surface area (Å²) in [6.45, 7) is 1.72. The van der Waals surface area contributed by atoms with E-state index in [2.05, 4.69) is 4.72 Å². The highest BCUT2D eigenvalue weighted by Crippen LogP contribution is 2.36. The van der Waals surface area contributed by atoms with Gasteiger partial charge in [-0.05, 0) is 25.8 Å². The molecule has 0 atom stereocenters. The molecule has 1 fully saturated rings. The van der Waals surface area contributed by atoms with Crippen LogP contribution in [0.4, 0.5) is 14.5 Å². The van der Waals surface area contributed by atoms with Crippen molar-refractivity contribution in [3.63, 3.8) is 0 Å². The van der Waals surface area contributed by atoms with Crippen LogP contribution in [0.25, 0.3) is 0 Å². The van der Waals surface area contributed by atoms with E-state index in [4.69, 9.17) is 5.73 Å². The number of nitrogens with one attached hydrogen (secondary N) is 1. The summed E-state index contributed by atoms with van der Waals surface area (Å²) in [5.74, 6) is -2.12. The molecule has 0 unspecified atom stereocenters. The Morgan fingerprint density at radius 1 is 1.29 bits per heavy atom. The van der Waals surface area contributed by atoms with E-state index in [9.17, 15) is 17.2 Å². The first-order chi connectivity index (χ1) is 7.73. The lowest BCUT2D eigenvalue weighted by atomic mass is 10.3. The summed E-state index contributed by atoms with van der Waals surface area (Å²) in [7, 11) is -4.00. The van der Waals surface area contributed by atoms with Gasteiger partial charge in [-0.25, -0.2) is 21.9 Å². The van der Waals surface area contributed by atoms with E-state index >= 15 is 0 Å². The van der Waals surface area contributed by atoms with Crippen molar-refractivity contribution in [1.29, 1.82) is 0 Å². The first-order valence-electron chi connectivity index (χ1n) is 5.02. The molecule has 2 rings (SSSR count). The SMILES string of the molecule is CC1(NS(=O)(=O)c2cc(N)c(F)cc2F)CC1. The number of hydrogen-bond acceptors (Lipinski definition) is 3. The number of hydrogen-bond donors (Lipinski definition) is 2. The molecular formula is C10H12F2N2O2S. The van der Waals surface area contributed by atoms with Crippen LogP contribution in [0.2, 0.25) is 0 Å². The molecule has 0 heterocycles. The lowest BCUT2D eigenvalue weighted by molar-refractivity contribution is 0.533. The molecule has 1 aliphatic carbocycles. The van der Waals surface area contributed by atoms with Crippen molar-refractivity contribution in [3.05, 3.63) is 23.8 Å². The predicted molar refractivity (Wildman–Crippen MR) is 58.7 cm³/mol. The van der Waals surface area contributed by atoms with Crippen LogP contribution >= 0.6 is 0 Å². The summed E-state index contributed by atoms with van der Waals surface area (Å²) in [5.41, 5.74) is 4.32. The van der Waals surface area contributed by atoms with Gasteiger partial charge >= 0.3 is 0 Å². The van der Waals surface area contributed by atoms with Gasteiger partial charge in [0, 0.05) is 11.6 Å². The Hall–Kier alpha value is -1.21. The Morgan fingerprint density at radius 2 is 1.88 bits per heavy atom. The second-order valence-electron chi connectivity index (χ2n) is 4.47. The molecule has 0 saturated heterocycles. The molecule has 0 aromatic heterocycles. The number of nitrogen functional groups attached to an aromatic ring is 1. The normalized spacial score (nSPS) is 18.1. The van der Waals surface area contributed by atoms with Crippen LogP contribution in [-0.2, 0) is 10.0 Å². The number of sulfonamides is 1. The predicted octanol–water partition coefficient (Wildman–Crippen LogP) is 1.38. The summed E-state index contributed by atoms with van der Waals surface area (Å²) in [5, 5.41) is 0. The highest BCUT2D eigenvalue weighted by atomic mass is 32.2. The smallest absolute Gasteiger partial charge is 0.244 e. The zero-order valence-electron chi connectivity index (χ0n) is 9.13. The van der Waals surface area contributed by atoms with Crippen molar-refractivity contribution in [2.24, 2.45) is 0 Å². The van der Waals surface area contributed by atoms with Crippen LogP contribution in [0.1, 0.15) is 19.8 Å². The quantitative estimate of drug-likeness (QED) is 0.808. The highest BCUT2D eigenvalue weighted by Gasteiger charge is 2.41. The fraction of sp³-hybridized carbons (Fsp3) is 0.400. The average Bonchev–Trinajstić information content (AvgIpc) is 2.88. The van der Waals surface area contributed by atoms with Crippen LogP contribution in [-0.4, -0.2) is 14.0 Å².